The Balaban J connectivity index is 1.58. The van der Waals surface area contributed by atoms with E-state index in [2.05, 4.69) is 23.6 Å². The van der Waals surface area contributed by atoms with Gasteiger partial charge < -0.3 is 9.64 Å². The van der Waals surface area contributed by atoms with Crippen molar-refractivity contribution in [3.8, 4) is 0 Å². The van der Waals surface area contributed by atoms with Crippen LogP contribution < -0.4 is 4.90 Å². The third-order valence-corrected chi connectivity index (χ3v) is 7.91. The number of thiophene rings is 1. The van der Waals surface area contributed by atoms with Gasteiger partial charge in [-0.15, -0.1) is 11.3 Å². The summed E-state index contributed by atoms with van der Waals surface area (Å²) in [4.78, 5) is 18.0. The van der Waals surface area contributed by atoms with Crippen LogP contribution in [0.25, 0.3) is 10.2 Å². The third kappa shape index (κ3) is 3.26. The molecule has 4 heterocycles. The minimum atomic E-state index is 0.554. The zero-order chi connectivity index (χ0) is 18.4. The van der Waals surface area contributed by atoms with Crippen LogP contribution in [0, 0.1) is 5.92 Å². The molecule has 2 aromatic rings. The molecule has 0 bridgehead atoms. The standard InChI is InChI=1S/C21H30N4OS/c1-14-7-8-25(15(14)2)20-19-16-5-3-4-6-17(16)27-21(19)23-18(22-20)13-24-9-11-26-12-10-24/h14-15H,3-13H2,1-2H3. The van der Waals surface area contributed by atoms with Crippen molar-refractivity contribution in [2.75, 3.05) is 37.7 Å². The van der Waals surface area contributed by atoms with Crippen LogP contribution >= 0.6 is 11.3 Å². The highest BCUT2D eigenvalue weighted by molar-refractivity contribution is 7.19. The second-order valence-electron chi connectivity index (χ2n) is 8.44. The van der Waals surface area contributed by atoms with Crippen LogP contribution in [0.2, 0.25) is 0 Å². The number of anilines is 1. The van der Waals surface area contributed by atoms with E-state index in [9.17, 15) is 0 Å². The molecule has 5 nitrogen and oxygen atoms in total. The maximum absolute atomic E-state index is 5.50. The predicted molar refractivity (Wildman–Crippen MR) is 111 cm³/mol. The molecule has 3 aliphatic rings. The minimum absolute atomic E-state index is 0.554. The molecule has 0 saturated carbocycles. The Bertz CT molecular complexity index is 829. The van der Waals surface area contributed by atoms with Crippen LogP contribution in [0.3, 0.4) is 0 Å². The number of aromatic nitrogens is 2. The average molecular weight is 387 g/mol. The fraction of sp³-hybridized carbons (Fsp3) is 0.714. The first kappa shape index (κ1) is 17.8. The van der Waals surface area contributed by atoms with Crippen molar-refractivity contribution in [3.05, 3.63) is 16.3 Å². The summed E-state index contributed by atoms with van der Waals surface area (Å²) < 4.78 is 5.50. The summed E-state index contributed by atoms with van der Waals surface area (Å²) in [7, 11) is 0. The van der Waals surface area contributed by atoms with Gasteiger partial charge in [0.2, 0.25) is 0 Å². The minimum Gasteiger partial charge on any atom is -0.379 e. The Morgan fingerprint density at radius 3 is 2.67 bits per heavy atom. The quantitative estimate of drug-likeness (QED) is 0.806. The van der Waals surface area contributed by atoms with Crippen LogP contribution in [0.5, 0.6) is 0 Å². The van der Waals surface area contributed by atoms with Gasteiger partial charge >= 0.3 is 0 Å². The third-order valence-electron chi connectivity index (χ3n) is 6.72. The smallest absolute Gasteiger partial charge is 0.146 e. The lowest BCUT2D eigenvalue weighted by molar-refractivity contribution is 0.0331. The van der Waals surface area contributed by atoms with E-state index in [1.807, 2.05) is 11.3 Å². The first-order chi connectivity index (χ1) is 13.2. The summed E-state index contributed by atoms with van der Waals surface area (Å²) in [6.07, 6.45) is 6.31. The number of hydrogen-bond acceptors (Lipinski definition) is 6. The van der Waals surface area contributed by atoms with E-state index < -0.39 is 0 Å². The van der Waals surface area contributed by atoms with E-state index in [1.165, 1.54) is 48.1 Å². The van der Waals surface area contributed by atoms with Crippen LogP contribution in [-0.4, -0.2) is 53.8 Å². The largest absolute Gasteiger partial charge is 0.379 e. The van der Waals surface area contributed by atoms with Crippen molar-refractivity contribution in [3.63, 3.8) is 0 Å². The Morgan fingerprint density at radius 2 is 1.89 bits per heavy atom. The van der Waals surface area contributed by atoms with E-state index in [1.54, 1.807) is 10.4 Å². The Labute approximate surface area is 165 Å². The highest BCUT2D eigenvalue weighted by atomic mass is 32.1. The van der Waals surface area contributed by atoms with E-state index in [0.717, 1.165) is 51.1 Å². The molecule has 146 valence electrons. The number of hydrogen-bond donors (Lipinski definition) is 0. The number of ether oxygens (including phenoxy) is 1. The molecule has 6 heteroatoms. The van der Waals surface area contributed by atoms with Crippen LogP contribution in [0.4, 0.5) is 5.82 Å². The fourth-order valence-electron chi connectivity index (χ4n) is 4.81. The van der Waals surface area contributed by atoms with Gasteiger partial charge in [0, 0.05) is 30.6 Å². The van der Waals surface area contributed by atoms with Crippen molar-refractivity contribution in [1.29, 1.82) is 0 Å². The SMILES string of the molecule is CC1CCN(c2nc(CN3CCOCC3)nc3sc4c(c23)CCCC4)C1C. The van der Waals surface area contributed by atoms with Gasteiger partial charge in [0.1, 0.15) is 16.5 Å². The second kappa shape index (κ2) is 7.30. The topological polar surface area (TPSA) is 41.5 Å². The van der Waals surface area contributed by atoms with Gasteiger partial charge in [-0.25, -0.2) is 9.97 Å². The highest BCUT2D eigenvalue weighted by Gasteiger charge is 2.32. The number of fused-ring (bicyclic) bond motifs is 3. The molecule has 2 aliphatic heterocycles. The zero-order valence-corrected chi connectivity index (χ0v) is 17.4. The summed E-state index contributed by atoms with van der Waals surface area (Å²) in [6, 6.07) is 0.554. The van der Waals surface area contributed by atoms with Crippen LogP contribution in [0.1, 0.15) is 49.4 Å². The first-order valence-corrected chi connectivity index (χ1v) is 11.4. The number of nitrogens with zero attached hydrogens (tertiary/aromatic N) is 4. The molecular weight excluding hydrogens is 356 g/mol. The molecule has 2 fully saturated rings. The lowest BCUT2D eigenvalue weighted by atomic mass is 9.96. The number of aryl methyl sites for hydroxylation is 2. The molecule has 2 atom stereocenters. The average Bonchev–Trinajstić information content (AvgIpc) is 3.22. The normalized spacial score (nSPS) is 26.7. The predicted octanol–water partition coefficient (Wildman–Crippen LogP) is 3.64. The van der Waals surface area contributed by atoms with E-state index >= 15 is 0 Å². The van der Waals surface area contributed by atoms with Gasteiger partial charge in [-0.05, 0) is 50.5 Å². The number of rotatable bonds is 3. The second-order valence-corrected chi connectivity index (χ2v) is 9.53. The molecule has 2 aromatic heterocycles. The van der Waals surface area contributed by atoms with Crippen molar-refractivity contribution in [2.24, 2.45) is 5.92 Å². The maximum Gasteiger partial charge on any atom is 0.146 e. The molecule has 2 unspecified atom stereocenters. The molecule has 1 aliphatic carbocycles. The Kier molecular flexibility index (Phi) is 4.82. The monoisotopic (exact) mass is 386 g/mol. The lowest BCUT2D eigenvalue weighted by Crippen LogP contribution is -2.36. The summed E-state index contributed by atoms with van der Waals surface area (Å²) in [5.41, 5.74) is 1.56. The van der Waals surface area contributed by atoms with Gasteiger partial charge in [0.05, 0.1) is 25.1 Å². The number of morpholine rings is 1. The first-order valence-electron chi connectivity index (χ1n) is 10.6. The van der Waals surface area contributed by atoms with E-state index in [4.69, 9.17) is 14.7 Å². The van der Waals surface area contributed by atoms with Crippen molar-refractivity contribution < 1.29 is 4.74 Å². The maximum atomic E-state index is 5.50. The van der Waals surface area contributed by atoms with Gasteiger partial charge in [-0.2, -0.15) is 0 Å². The van der Waals surface area contributed by atoms with E-state index in [-0.39, 0.29) is 0 Å². The molecule has 5 rings (SSSR count). The van der Waals surface area contributed by atoms with Gasteiger partial charge in [0.25, 0.3) is 0 Å². The summed E-state index contributed by atoms with van der Waals surface area (Å²) in [5.74, 6) is 2.94. The van der Waals surface area contributed by atoms with Gasteiger partial charge in [-0.3, -0.25) is 4.90 Å². The van der Waals surface area contributed by atoms with Gasteiger partial charge in [0.15, 0.2) is 0 Å². The molecular formula is C21H30N4OS. The zero-order valence-electron chi connectivity index (χ0n) is 16.5. The summed E-state index contributed by atoms with van der Waals surface area (Å²) in [6.45, 7) is 10.3. The molecule has 0 spiro atoms. The van der Waals surface area contributed by atoms with Gasteiger partial charge in [-0.1, -0.05) is 6.92 Å². The molecule has 0 amide bonds. The van der Waals surface area contributed by atoms with Crippen molar-refractivity contribution in [2.45, 2.75) is 58.5 Å². The summed E-state index contributed by atoms with van der Waals surface area (Å²) >= 11 is 1.93. The molecule has 0 N–H and O–H groups in total. The summed E-state index contributed by atoms with van der Waals surface area (Å²) in [5, 5.41) is 1.38. The lowest BCUT2D eigenvalue weighted by Gasteiger charge is -2.28. The van der Waals surface area contributed by atoms with Crippen molar-refractivity contribution >= 4 is 27.4 Å². The Morgan fingerprint density at radius 1 is 1.07 bits per heavy atom. The molecule has 0 aromatic carbocycles. The Hall–Kier alpha value is -1.24. The highest BCUT2D eigenvalue weighted by Crippen LogP contribution is 2.42. The molecule has 27 heavy (non-hydrogen) atoms. The van der Waals surface area contributed by atoms with Crippen LogP contribution in [0.15, 0.2) is 0 Å². The van der Waals surface area contributed by atoms with Crippen LogP contribution in [-0.2, 0) is 24.1 Å². The molecule has 0 radical (unpaired) electrons. The van der Waals surface area contributed by atoms with E-state index in [0.29, 0.717) is 6.04 Å². The fourth-order valence-corrected chi connectivity index (χ4v) is 6.09. The molecule has 2 saturated heterocycles. The van der Waals surface area contributed by atoms with Crippen molar-refractivity contribution in [1.82, 2.24) is 14.9 Å².